The van der Waals surface area contributed by atoms with Crippen molar-refractivity contribution in [1.29, 1.82) is 0 Å². The monoisotopic (exact) mass is 246 g/mol. The van der Waals surface area contributed by atoms with Gasteiger partial charge in [-0.2, -0.15) is 0 Å². The fourth-order valence-electron chi connectivity index (χ4n) is 3.04. The van der Waals surface area contributed by atoms with Crippen LogP contribution in [0.5, 0.6) is 0 Å². The number of nitrogens with two attached hydrogens (primary N) is 1. The SMILES string of the molecule is CN(Cc1ccccc1)C1CC(C)(C)CCC1N. The average molecular weight is 246 g/mol. The fourth-order valence-corrected chi connectivity index (χ4v) is 3.04. The molecule has 1 aliphatic rings. The molecule has 2 rings (SSSR count). The van der Waals surface area contributed by atoms with Gasteiger partial charge < -0.3 is 5.73 Å². The summed E-state index contributed by atoms with van der Waals surface area (Å²) in [6.45, 7) is 5.72. The summed E-state index contributed by atoms with van der Waals surface area (Å²) in [5.41, 5.74) is 8.12. The molecule has 2 nitrogen and oxygen atoms in total. The van der Waals surface area contributed by atoms with E-state index in [0.29, 0.717) is 17.5 Å². The minimum atomic E-state index is 0.326. The standard InChI is InChI=1S/C16H26N2/c1-16(2)10-9-14(17)15(11-16)18(3)12-13-7-5-4-6-8-13/h4-8,14-15H,9-12,17H2,1-3H3. The third-order valence-corrected chi connectivity index (χ3v) is 4.25. The third kappa shape index (κ3) is 3.33. The van der Waals surface area contributed by atoms with E-state index in [0.717, 1.165) is 13.0 Å². The van der Waals surface area contributed by atoms with Crippen molar-refractivity contribution in [3.8, 4) is 0 Å². The number of benzene rings is 1. The lowest BCUT2D eigenvalue weighted by Crippen LogP contribution is -2.51. The van der Waals surface area contributed by atoms with Crippen molar-refractivity contribution in [2.75, 3.05) is 7.05 Å². The second kappa shape index (κ2) is 5.41. The Labute approximate surface area is 111 Å². The van der Waals surface area contributed by atoms with E-state index < -0.39 is 0 Å². The Balaban J connectivity index is 2.01. The molecule has 1 saturated carbocycles. The summed E-state index contributed by atoms with van der Waals surface area (Å²) in [7, 11) is 2.21. The van der Waals surface area contributed by atoms with Gasteiger partial charge in [0, 0.05) is 18.6 Å². The van der Waals surface area contributed by atoms with Gasteiger partial charge in [0.1, 0.15) is 0 Å². The first-order chi connectivity index (χ1) is 8.48. The van der Waals surface area contributed by atoms with E-state index in [1.54, 1.807) is 0 Å². The molecule has 2 unspecified atom stereocenters. The van der Waals surface area contributed by atoms with Crippen LogP contribution in [0.15, 0.2) is 30.3 Å². The summed E-state index contributed by atoms with van der Waals surface area (Å²) in [6.07, 6.45) is 3.61. The van der Waals surface area contributed by atoms with E-state index in [4.69, 9.17) is 5.73 Å². The van der Waals surface area contributed by atoms with Crippen LogP contribution in [0.25, 0.3) is 0 Å². The molecule has 0 amide bonds. The van der Waals surface area contributed by atoms with Gasteiger partial charge in [0.05, 0.1) is 0 Å². The molecule has 100 valence electrons. The van der Waals surface area contributed by atoms with E-state index in [1.807, 2.05) is 0 Å². The Morgan fingerprint density at radius 3 is 2.61 bits per heavy atom. The number of likely N-dealkylation sites (N-methyl/N-ethyl adjacent to an activating group) is 1. The summed E-state index contributed by atoms with van der Waals surface area (Å²) in [5, 5.41) is 0. The molecule has 1 aromatic carbocycles. The number of nitrogens with zero attached hydrogens (tertiary/aromatic N) is 1. The van der Waals surface area contributed by atoms with Crippen LogP contribution in [0.2, 0.25) is 0 Å². The van der Waals surface area contributed by atoms with E-state index in [1.165, 1.54) is 18.4 Å². The van der Waals surface area contributed by atoms with Crippen LogP contribution >= 0.6 is 0 Å². The molecule has 0 radical (unpaired) electrons. The lowest BCUT2D eigenvalue weighted by molar-refractivity contribution is 0.0917. The second-order valence-corrected chi connectivity index (χ2v) is 6.54. The normalized spacial score (nSPS) is 27.4. The number of hydrogen-bond donors (Lipinski definition) is 1. The predicted molar refractivity (Wildman–Crippen MR) is 77.3 cm³/mol. The van der Waals surface area contributed by atoms with E-state index >= 15 is 0 Å². The van der Waals surface area contributed by atoms with Crippen molar-refractivity contribution in [2.24, 2.45) is 11.1 Å². The Kier molecular flexibility index (Phi) is 4.08. The van der Waals surface area contributed by atoms with Gasteiger partial charge in [-0.1, -0.05) is 44.2 Å². The van der Waals surface area contributed by atoms with Crippen LogP contribution in [0.1, 0.15) is 38.7 Å². The third-order valence-electron chi connectivity index (χ3n) is 4.25. The van der Waals surface area contributed by atoms with Gasteiger partial charge in [0.2, 0.25) is 0 Å². The van der Waals surface area contributed by atoms with Gasteiger partial charge in [0.15, 0.2) is 0 Å². The highest BCUT2D eigenvalue weighted by atomic mass is 15.1. The van der Waals surface area contributed by atoms with Crippen molar-refractivity contribution in [2.45, 2.75) is 51.7 Å². The molecule has 0 saturated heterocycles. The predicted octanol–water partition coefficient (Wildman–Crippen LogP) is 3.02. The molecule has 2 heteroatoms. The number of rotatable bonds is 3. The summed E-state index contributed by atoms with van der Waals surface area (Å²) in [6, 6.07) is 11.5. The lowest BCUT2D eigenvalue weighted by atomic mass is 9.72. The second-order valence-electron chi connectivity index (χ2n) is 6.54. The van der Waals surface area contributed by atoms with Gasteiger partial charge in [-0.15, -0.1) is 0 Å². The summed E-state index contributed by atoms with van der Waals surface area (Å²) >= 11 is 0. The van der Waals surface area contributed by atoms with Gasteiger partial charge in [0.25, 0.3) is 0 Å². The van der Waals surface area contributed by atoms with Gasteiger partial charge in [-0.05, 0) is 37.3 Å². The summed E-state index contributed by atoms with van der Waals surface area (Å²) in [5.74, 6) is 0. The van der Waals surface area contributed by atoms with Crippen molar-refractivity contribution in [1.82, 2.24) is 4.90 Å². The zero-order valence-electron chi connectivity index (χ0n) is 11.9. The molecule has 18 heavy (non-hydrogen) atoms. The van der Waals surface area contributed by atoms with Gasteiger partial charge >= 0.3 is 0 Å². The van der Waals surface area contributed by atoms with Crippen molar-refractivity contribution in [3.63, 3.8) is 0 Å². The highest BCUT2D eigenvalue weighted by Gasteiger charge is 2.34. The molecule has 0 heterocycles. The lowest BCUT2D eigenvalue weighted by Gasteiger charge is -2.43. The van der Waals surface area contributed by atoms with Crippen molar-refractivity contribution in [3.05, 3.63) is 35.9 Å². The van der Waals surface area contributed by atoms with Gasteiger partial charge in [-0.3, -0.25) is 4.90 Å². The Hall–Kier alpha value is -0.860. The van der Waals surface area contributed by atoms with Crippen LogP contribution in [-0.2, 0) is 6.54 Å². The molecule has 0 spiro atoms. The quantitative estimate of drug-likeness (QED) is 0.888. The minimum absolute atomic E-state index is 0.326. The van der Waals surface area contributed by atoms with Crippen LogP contribution in [-0.4, -0.2) is 24.0 Å². The summed E-state index contributed by atoms with van der Waals surface area (Å²) in [4.78, 5) is 2.43. The smallest absolute Gasteiger partial charge is 0.0252 e. The van der Waals surface area contributed by atoms with Gasteiger partial charge in [-0.25, -0.2) is 0 Å². The van der Waals surface area contributed by atoms with Crippen LogP contribution < -0.4 is 5.73 Å². The molecular weight excluding hydrogens is 220 g/mol. The first-order valence-corrected chi connectivity index (χ1v) is 6.98. The molecular formula is C16H26N2. The maximum atomic E-state index is 6.31. The van der Waals surface area contributed by atoms with E-state index in [9.17, 15) is 0 Å². The van der Waals surface area contributed by atoms with Crippen LogP contribution in [0, 0.1) is 5.41 Å². The van der Waals surface area contributed by atoms with E-state index in [-0.39, 0.29) is 0 Å². The molecule has 2 atom stereocenters. The zero-order chi connectivity index (χ0) is 13.2. The highest BCUT2D eigenvalue weighted by Crippen LogP contribution is 2.36. The summed E-state index contributed by atoms with van der Waals surface area (Å²) < 4.78 is 0. The molecule has 2 N–H and O–H groups in total. The Morgan fingerprint density at radius 1 is 1.28 bits per heavy atom. The molecule has 1 aliphatic carbocycles. The minimum Gasteiger partial charge on any atom is -0.326 e. The average Bonchev–Trinajstić information content (AvgIpc) is 2.33. The zero-order valence-corrected chi connectivity index (χ0v) is 11.9. The van der Waals surface area contributed by atoms with Crippen LogP contribution in [0.3, 0.4) is 0 Å². The first kappa shape index (κ1) is 13.6. The molecule has 0 aromatic heterocycles. The maximum Gasteiger partial charge on any atom is 0.0252 e. The molecule has 0 aliphatic heterocycles. The maximum absolute atomic E-state index is 6.31. The molecule has 0 bridgehead atoms. The highest BCUT2D eigenvalue weighted by molar-refractivity contribution is 5.14. The molecule has 1 aromatic rings. The van der Waals surface area contributed by atoms with Crippen LogP contribution in [0.4, 0.5) is 0 Å². The topological polar surface area (TPSA) is 29.3 Å². The van der Waals surface area contributed by atoms with Crippen molar-refractivity contribution < 1.29 is 0 Å². The largest absolute Gasteiger partial charge is 0.326 e. The van der Waals surface area contributed by atoms with Crippen molar-refractivity contribution >= 4 is 0 Å². The fraction of sp³-hybridized carbons (Fsp3) is 0.625. The molecule has 1 fully saturated rings. The first-order valence-electron chi connectivity index (χ1n) is 6.98. The Bertz CT molecular complexity index is 372. The Morgan fingerprint density at radius 2 is 1.94 bits per heavy atom. The number of hydrogen-bond acceptors (Lipinski definition) is 2. The van der Waals surface area contributed by atoms with E-state index in [2.05, 4.69) is 56.1 Å².